The van der Waals surface area contributed by atoms with Gasteiger partial charge in [-0.05, 0) is 30.7 Å². The smallest absolute Gasteiger partial charge is 0.230 e. The molecular weight excluding hydrogens is 396 g/mol. The molecule has 3 nitrogen and oxygen atoms in total. The van der Waals surface area contributed by atoms with Gasteiger partial charge in [0.05, 0.1) is 5.56 Å². The van der Waals surface area contributed by atoms with Gasteiger partial charge in [0.15, 0.2) is 0 Å². The van der Waals surface area contributed by atoms with Crippen molar-refractivity contribution >= 4 is 37.7 Å². The first kappa shape index (κ1) is 14.4. The molecule has 0 fully saturated rings. The molecule has 0 saturated heterocycles. The summed E-state index contributed by atoms with van der Waals surface area (Å²) in [6, 6.07) is 14.1. The zero-order chi connectivity index (χ0) is 15.0. The molecule has 0 aliphatic carbocycles. The van der Waals surface area contributed by atoms with Gasteiger partial charge in [0.2, 0.25) is 5.88 Å². The molecule has 0 aliphatic heterocycles. The number of anilines is 1. The van der Waals surface area contributed by atoms with Gasteiger partial charge in [0.25, 0.3) is 0 Å². The lowest BCUT2D eigenvalue weighted by Gasteiger charge is -2.05. The van der Waals surface area contributed by atoms with Gasteiger partial charge in [-0.15, -0.1) is 0 Å². The molecular formula is C16H12Br2N2O. The topological polar surface area (TPSA) is 52.0 Å². The van der Waals surface area contributed by atoms with Crippen LogP contribution in [-0.2, 0) is 0 Å². The van der Waals surface area contributed by atoms with E-state index in [1.165, 1.54) is 5.56 Å². The summed E-state index contributed by atoms with van der Waals surface area (Å²) in [4.78, 5) is 0. The molecule has 0 bridgehead atoms. The van der Waals surface area contributed by atoms with Crippen LogP contribution in [0.4, 0.5) is 5.88 Å². The highest BCUT2D eigenvalue weighted by Gasteiger charge is 2.18. The number of aromatic nitrogens is 1. The number of benzene rings is 2. The predicted octanol–water partition coefficient (Wildman–Crippen LogP) is 5.42. The first-order chi connectivity index (χ1) is 10.0. The SMILES string of the molecule is Cc1ccc(-c2c(-c3cc(Br)cc(Br)c3)noc2N)cc1. The molecule has 0 spiro atoms. The van der Waals surface area contributed by atoms with Crippen molar-refractivity contribution in [1.29, 1.82) is 0 Å². The van der Waals surface area contributed by atoms with E-state index >= 15 is 0 Å². The Hall–Kier alpha value is -1.59. The molecule has 1 aromatic heterocycles. The Morgan fingerprint density at radius 3 is 2.19 bits per heavy atom. The minimum Gasteiger partial charge on any atom is -0.367 e. The largest absolute Gasteiger partial charge is 0.367 e. The van der Waals surface area contributed by atoms with Gasteiger partial charge in [-0.3, -0.25) is 0 Å². The minimum absolute atomic E-state index is 0.324. The average Bonchev–Trinajstić information content (AvgIpc) is 2.80. The Labute approximate surface area is 139 Å². The lowest BCUT2D eigenvalue weighted by atomic mass is 10.0. The van der Waals surface area contributed by atoms with Gasteiger partial charge in [0.1, 0.15) is 5.69 Å². The Morgan fingerprint density at radius 1 is 0.952 bits per heavy atom. The van der Waals surface area contributed by atoms with Crippen LogP contribution in [0.1, 0.15) is 5.56 Å². The first-order valence-corrected chi connectivity index (χ1v) is 7.92. The third-order valence-electron chi connectivity index (χ3n) is 3.19. The second kappa shape index (κ2) is 5.66. The maximum absolute atomic E-state index is 5.97. The van der Waals surface area contributed by atoms with Crippen molar-refractivity contribution in [3.05, 3.63) is 57.0 Å². The van der Waals surface area contributed by atoms with Crippen molar-refractivity contribution < 1.29 is 4.52 Å². The fourth-order valence-electron chi connectivity index (χ4n) is 2.19. The summed E-state index contributed by atoms with van der Waals surface area (Å²) in [5.41, 5.74) is 10.6. The molecule has 21 heavy (non-hydrogen) atoms. The Bertz CT molecular complexity index is 774. The van der Waals surface area contributed by atoms with Gasteiger partial charge in [0, 0.05) is 14.5 Å². The maximum Gasteiger partial charge on any atom is 0.230 e. The van der Waals surface area contributed by atoms with E-state index in [2.05, 4.69) is 37.0 Å². The van der Waals surface area contributed by atoms with Crippen LogP contribution in [0.15, 0.2) is 55.9 Å². The van der Waals surface area contributed by atoms with Gasteiger partial charge in [-0.2, -0.15) is 0 Å². The van der Waals surface area contributed by atoms with E-state index in [0.29, 0.717) is 5.88 Å². The number of halogens is 2. The van der Waals surface area contributed by atoms with Gasteiger partial charge >= 0.3 is 0 Å². The van der Waals surface area contributed by atoms with E-state index in [0.717, 1.165) is 31.3 Å². The number of nitrogen functional groups attached to an aromatic ring is 1. The fraction of sp³-hybridized carbons (Fsp3) is 0.0625. The standard InChI is InChI=1S/C16H12Br2N2O/c1-9-2-4-10(5-3-9)14-15(20-21-16(14)19)11-6-12(17)8-13(18)7-11/h2-8H,19H2,1H3. The molecule has 2 aromatic carbocycles. The van der Waals surface area contributed by atoms with Gasteiger partial charge < -0.3 is 10.3 Å². The zero-order valence-electron chi connectivity index (χ0n) is 11.2. The molecule has 2 N–H and O–H groups in total. The van der Waals surface area contributed by atoms with Crippen molar-refractivity contribution in [3.8, 4) is 22.4 Å². The van der Waals surface area contributed by atoms with E-state index in [1.807, 2.05) is 49.4 Å². The number of hydrogen-bond acceptors (Lipinski definition) is 3. The number of hydrogen-bond donors (Lipinski definition) is 1. The third kappa shape index (κ3) is 2.89. The molecule has 0 amide bonds. The predicted molar refractivity (Wildman–Crippen MR) is 91.9 cm³/mol. The molecule has 0 aliphatic rings. The Morgan fingerprint density at radius 2 is 1.57 bits per heavy atom. The Kier molecular flexibility index (Phi) is 3.87. The van der Waals surface area contributed by atoms with Crippen LogP contribution in [0, 0.1) is 6.92 Å². The molecule has 3 rings (SSSR count). The van der Waals surface area contributed by atoms with E-state index in [4.69, 9.17) is 10.3 Å². The summed E-state index contributed by atoms with van der Waals surface area (Å²) in [6.45, 7) is 2.05. The van der Waals surface area contributed by atoms with Crippen LogP contribution in [0.3, 0.4) is 0 Å². The molecule has 106 valence electrons. The van der Waals surface area contributed by atoms with Crippen molar-refractivity contribution in [3.63, 3.8) is 0 Å². The monoisotopic (exact) mass is 406 g/mol. The normalized spacial score (nSPS) is 10.8. The van der Waals surface area contributed by atoms with Gasteiger partial charge in [-0.25, -0.2) is 0 Å². The highest BCUT2D eigenvalue weighted by molar-refractivity contribution is 9.11. The highest BCUT2D eigenvalue weighted by Crippen LogP contribution is 2.38. The van der Waals surface area contributed by atoms with Crippen LogP contribution in [0.2, 0.25) is 0 Å². The molecule has 5 heteroatoms. The molecule has 0 saturated carbocycles. The van der Waals surface area contributed by atoms with Crippen LogP contribution >= 0.6 is 31.9 Å². The van der Waals surface area contributed by atoms with E-state index in [9.17, 15) is 0 Å². The summed E-state index contributed by atoms with van der Waals surface area (Å²) >= 11 is 6.98. The number of nitrogens with two attached hydrogens (primary N) is 1. The summed E-state index contributed by atoms with van der Waals surface area (Å²) in [5.74, 6) is 0.324. The molecule has 3 aromatic rings. The highest BCUT2D eigenvalue weighted by atomic mass is 79.9. The zero-order valence-corrected chi connectivity index (χ0v) is 14.4. The third-order valence-corrected chi connectivity index (χ3v) is 4.11. The fourth-order valence-corrected chi connectivity index (χ4v) is 3.48. The summed E-state index contributed by atoms with van der Waals surface area (Å²) in [6.07, 6.45) is 0. The lowest BCUT2D eigenvalue weighted by molar-refractivity contribution is 0.439. The minimum atomic E-state index is 0.324. The number of rotatable bonds is 2. The maximum atomic E-state index is 5.97. The molecule has 1 heterocycles. The number of nitrogens with zero attached hydrogens (tertiary/aromatic N) is 1. The first-order valence-electron chi connectivity index (χ1n) is 6.33. The van der Waals surface area contributed by atoms with Crippen molar-refractivity contribution in [1.82, 2.24) is 5.16 Å². The van der Waals surface area contributed by atoms with Crippen LogP contribution in [0.25, 0.3) is 22.4 Å². The van der Waals surface area contributed by atoms with E-state index in [1.54, 1.807) is 0 Å². The van der Waals surface area contributed by atoms with E-state index < -0.39 is 0 Å². The van der Waals surface area contributed by atoms with Crippen LogP contribution < -0.4 is 5.73 Å². The summed E-state index contributed by atoms with van der Waals surface area (Å²) in [5, 5.41) is 4.13. The average molecular weight is 408 g/mol. The summed E-state index contributed by atoms with van der Waals surface area (Å²) in [7, 11) is 0. The van der Waals surface area contributed by atoms with Crippen molar-refractivity contribution in [2.75, 3.05) is 5.73 Å². The molecule has 0 radical (unpaired) electrons. The quantitative estimate of drug-likeness (QED) is 0.616. The van der Waals surface area contributed by atoms with E-state index in [-0.39, 0.29) is 0 Å². The second-order valence-electron chi connectivity index (χ2n) is 4.79. The second-order valence-corrected chi connectivity index (χ2v) is 6.63. The summed E-state index contributed by atoms with van der Waals surface area (Å²) < 4.78 is 7.13. The number of aryl methyl sites for hydroxylation is 1. The Balaban J connectivity index is 2.19. The van der Waals surface area contributed by atoms with Crippen molar-refractivity contribution in [2.24, 2.45) is 0 Å². The van der Waals surface area contributed by atoms with Crippen LogP contribution in [-0.4, -0.2) is 5.16 Å². The van der Waals surface area contributed by atoms with Gasteiger partial charge in [-0.1, -0.05) is 66.8 Å². The molecule has 0 unspecified atom stereocenters. The molecule has 0 atom stereocenters. The van der Waals surface area contributed by atoms with Crippen molar-refractivity contribution in [2.45, 2.75) is 6.92 Å². The van der Waals surface area contributed by atoms with Crippen LogP contribution in [0.5, 0.6) is 0 Å². The lowest BCUT2D eigenvalue weighted by Crippen LogP contribution is -1.88.